The molecule has 4 N–H and O–H groups in total. The molecule has 0 saturated heterocycles. The van der Waals surface area contributed by atoms with Crippen LogP contribution in [0.4, 0.5) is 26.7 Å². The predicted molar refractivity (Wildman–Crippen MR) is 105 cm³/mol. The first kappa shape index (κ1) is 18.4. The molecule has 0 atom stereocenters. The van der Waals surface area contributed by atoms with E-state index < -0.39 is 5.82 Å². The molecule has 2 aromatic carbocycles. The molecule has 26 heavy (non-hydrogen) atoms. The zero-order chi connectivity index (χ0) is 18.8. The minimum atomic E-state index is -0.519. The van der Waals surface area contributed by atoms with Crippen LogP contribution in [0.25, 0.3) is 0 Å². The van der Waals surface area contributed by atoms with Gasteiger partial charge in [0.1, 0.15) is 16.5 Å². The van der Waals surface area contributed by atoms with Gasteiger partial charge in [-0.25, -0.2) is 9.37 Å². The minimum absolute atomic E-state index is 0.0179. The molecule has 5 nitrogen and oxygen atoms in total. The van der Waals surface area contributed by atoms with Gasteiger partial charge < -0.3 is 16.4 Å². The number of halogens is 3. The van der Waals surface area contributed by atoms with E-state index in [9.17, 15) is 9.18 Å². The van der Waals surface area contributed by atoms with Gasteiger partial charge in [-0.15, -0.1) is 0 Å². The number of rotatable bonds is 4. The molecule has 0 fully saturated rings. The quantitative estimate of drug-likeness (QED) is 0.532. The van der Waals surface area contributed by atoms with Crippen LogP contribution in [-0.4, -0.2) is 10.9 Å². The Bertz CT molecular complexity index is 993. The molecule has 3 rings (SSSR count). The summed E-state index contributed by atoms with van der Waals surface area (Å²) in [6.07, 6.45) is 0. The van der Waals surface area contributed by atoms with Crippen LogP contribution < -0.4 is 16.4 Å². The summed E-state index contributed by atoms with van der Waals surface area (Å²) in [7, 11) is 0. The molecule has 0 saturated carbocycles. The first-order valence-electron chi connectivity index (χ1n) is 7.39. The largest absolute Gasteiger partial charge is 0.382 e. The summed E-state index contributed by atoms with van der Waals surface area (Å²) in [5.74, 6) is -0.806. The number of amides is 1. The topological polar surface area (TPSA) is 80.0 Å². The second-order valence-electron chi connectivity index (χ2n) is 5.40. The van der Waals surface area contributed by atoms with Crippen LogP contribution in [0.5, 0.6) is 0 Å². The smallest absolute Gasteiger partial charge is 0.269 e. The van der Waals surface area contributed by atoms with Crippen molar-refractivity contribution in [2.24, 2.45) is 0 Å². The number of carbonyl (C=O) groups is 1. The molecular formula is C17H13Cl2FN4OS. The number of nitrogens with zero attached hydrogens (tertiary/aromatic N) is 1. The number of thiazole rings is 1. The Balaban J connectivity index is 1.78. The van der Waals surface area contributed by atoms with Crippen LogP contribution in [0, 0.1) is 12.7 Å². The van der Waals surface area contributed by atoms with Crippen LogP contribution in [0.3, 0.4) is 0 Å². The molecule has 0 spiro atoms. The summed E-state index contributed by atoms with van der Waals surface area (Å²) in [6, 6.07) is 9.32. The van der Waals surface area contributed by atoms with Crippen molar-refractivity contribution in [3.05, 3.63) is 62.7 Å². The molecule has 0 bridgehead atoms. The molecule has 9 heteroatoms. The average Bonchev–Trinajstić information content (AvgIpc) is 2.94. The van der Waals surface area contributed by atoms with Crippen LogP contribution in [0.15, 0.2) is 36.4 Å². The molecular weight excluding hydrogens is 398 g/mol. The van der Waals surface area contributed by atoms with Gasteiger partial charge in [-0.1, -0.05) is 34.5 Å². The first-order chi connectivity index (χ1) is 12.3. The Labute approximate surface area is 163 Å². The van der Waals surface area contributed by atoms with E-state index in [2.05, 4.69) is 15.6 Å². The molecule has 0 aliphatic heterocycles. The Morgan fingerprint density at radius 1 is 1.23 bits per heavy atom. The third kappa shape index (κ3) is 4.07. The SMILES string of the molecule is Cc1cc(Cl)ccc1NC(=O)c1sc(Nc2ccc(F)c(Cl)c2)nc1N. The highest BCUT2D eigenvalue weighted by Gasteiger charge is 2.17. The first-order valence-corrected chi connectivity index (χ1v) is 8.96. The maximum absolute atomic E-state index is 13.2. The van der Waals surface area contributed by atoms with Crippen molar-refractivity contribution in [3.63, 3.8) is 0 Å². The van der Waals surface area contributed by atoms with Crippen LogP contribution in [0.2, 0.25) is 10.0 Å². The zero-order valence-corrected chi connectivity index (χ0v) is 15.8. The van der Waals surface area contributed by atoms with Gasteiger partial charge in [-0.2, -0.15) is 0 Å². The van der Waals surface area contributed by atoms with E-state index in [1.54, 1.807) is 18.2 Å². The monoisotopic (exact) mass is 410 g/mol. The van der Waals surface area contributed by atoms with Crippen LogP contribution in [-0.2, 0) is 0 Å². The normalized spacial score (nSPS) is 10.6. The van der Waals surface area contributed by atoms with Crippen molar-refractivity contribution < 1.29 is 9.18 Å². The van der Waals surface area contributed by atoms with E-state index in [4.69, 9.17) is 28.9 Å². The molecule has 0 aliphatic rings. The summed E-state index contributed by atoms with van der Waals surface area (Å²) in [5.41, 5.74) is 7.85. The Morgan fingerprint density at radius 2 is 2.00 bits per heavy atom. The molecule has 1 heterocycles. The van der Waals surface area contributed by atoms with Crippen molar-refractivity contribution in [3.8, 4) is 0 Å². The van der Waals surface area contributed by atoms with Crippen molar-refractivity contribution in [2.75, 3.05) is 16.4 Å². The number of nitrogens with two attached hydrogens (primary N) is 1. The molecule has 0 aliphatic carbocycles. The minimum Gasteiger partial charge on any atom is -0.382 e. The van der Waals surface area contributed by atoms with Crippen LogP contribution in [0.1, 0.15) is 15.2 Å². The summed E-state index contributed by atoms with van der Waals surface area (Å²) >= 11 is 12.7. The van der Waals surface area contributed by atoms with E-state index in [-0.39, 0.29) is 21.6 Å². The lowest BCUT2D eigenvalue weighted by Crippen LogP contribution is -2.13. The standard InChI is InChI=1S/C17H13Cl2FN4OS/c1-8-6-9(18)2-5-13(8)23-16(25)14-15(21)24-17(26-14)22-10-3-4-12(20)11(19)7-10/h2-7H,21H2,1H3,(H,22,24)(H,23,25). The highest BCUT2D eigenvalue weighted by molar-refractivity contribution is 7.18. The number of anilines is 4. The lowest BCUT2D eigenvalue weighted by atomic mass is 10.2. The van der Waals surface area contributed by atoms with Gasteiger partial charge in [-0.3, -0.25) is 4.79 Å². The molecule has 134 valence electrons. The number of benzene rings is 2. The number of nitrogens with one attached hydrogen (secondary N) is 2. The Hall–Kier alpha value is -2.35. The maximum atomic E-state index is 13.2. The highest BCUT2D eigenvalue weighted by Crippen LogP contribution is 2.30. The summed E-state index contributed by atoms with van der Waals surface area (Å²) in [4.78, 5) is 16.9. The lowest BCUT2D eigenvalue weighted by Gasteiger charge is -2.07. The summed E-state index contributed by atoms with van der Waals surface area (Å²) < 4.78 is 13.2. The van der Waals surface area contributed by atoms with E-state index in [1.807, 2.05) is 6.92 Å². The van der Waals surface area contributed by atoms with Gasteiger partial charge in [-0.05, 0) is 48.9 Å². The molecule has 1 amide bonds. The summed E-state index contributed by atoms with van der Waals surface area (Å²) in [6.45, 7) is 1.84. The number of carbonyl (C=O) groups excluding carboxylic acids is 1. The van der Waals surface area contributed by atoms with E-state index in [1.165, 1.54) is 18.2 Å². The fourth-order valence-electron chi connectivity index (χ4n) is 2.19. The van der Waals surface area contributed by atoms with Crippen molar-refractivity contribution in [1.82, 2.24) is 4.98 Å². The van der Waals surface area contributed by atoms with Gasteiger partial charge in [0.05, 0.1) is 5.02 Å². The Kier molecular flexibility index (Phi) is 5.31. The van der Waals surface area contributed by atoms with E-state index >= 15 is 0 Å². The number of nitrogen functional groups attached to an aromatic ring is 1. The molecule has 0 radical (unpaired) electrons. The summed E-state index contributed by atoms with van der Waals surface area (Å²) in [5, 5.41) is 6.69. The third-order valence-corrected chi connectivity index (χ3v) is 4.98. The second kappa shape index (κ2) is 7.49. The average molecular weight is 411 g/mol. The fourth-order valence-corrected chi connectivity index (χ4v) is 3.40. The number of aryl methyl sites for hydroxylation is 1. The predicted octanol–water partition coefficient (Wildman–Crippen LogP) is 5.48. The number of hydrogen-bond donors (Lipinski definition) is 3. The van der Waals surface area contributed by atoms with Gasteiger partial charge in [0.15, 0.2) is 5.13 Å². The van der Waals surface area contributed by atoms with E-state index in [0.717, 1.165) is 16.9 Å². The number of aromatic nitrogens is 1. The second-order valence-corrected chi connectivity index (χ2v) is 7.24. The van der Waals surface area contributed by atoms with Gasteiger partial charge >= 0.3 is 0 Å². The van der Waals surface area contributed by atoms with Crippen molar-refractivity contribution in [1.29, 1.82) is 0 Å². The lowest BCUT2D eigenvalue weighted by molar-refractivity contribution is 0.103. The maximum Gasteiger partial charge on any atom is 0.269 e. The molecule has 3 aromatic rings. The fraction of sp³-hybridized carbons (Fsp3) is 0.0588. The van der Waals surface area contributed by atoms with Crippen LogP contribution >= 0.6 is 34.5 Å². The van der Waals surface area contributed by atoms with E-state index in [0.29, 0.717) is 21.5 Å². The Morgan fingerprint density at radius 3 is 2.69 bits per heavy atom. The molecule has 1 aromatic heterocycles. The zero-order valence-electron chi connectivity index (χ0n) is 13.4. The van der Waals surface area contributed by atoms with Gasteiger partial charge in [0.25, 0.3) is 5.91 Å². The molecule has 0 unspecified atom stereocenters. The van der Waals surface area contributed by atoms with Crippen molar-refractivity contribution >= 4 is 62.8 Å². The highest BCUT2D eigenvalue weighted by atomic mass is 35.5. The van der Waals surface area contributed by atoms with Gasteiger partial charge in [0.2, 0.25) is 0 Å². The third-order valence-electron chi connectivity index (χ3n) is 3.47. The van der Waals surface area contributed by atoms with Gasteiger partial charge in [0, 0.05) is 16.4 Å². The number of hydrogen-bond acceptors (Lipinski definition) is 5. The van der Waals surface area contributed by atoms with Crippen molar-refractivity contribution in [2.45, 2.75) is 6.92 Å².